The number of rotatable bonds is 3. The molecule has 3 rings (SSSR count). The highest BCUT2D eigenvalue weighted by Gasteiger charge is 2.34. The molecule has 0 bridgehead atoms. The second kappa shape index (κ2) is 6.44. The van der Waals surface area contributed by atoms with Crippen LogP contribution in [0, 0.1) is 0 Å². The average Bonchev–Trinajstić information content (AvgIpc) is 2.49. The molecule has 0 saturated carbocycles. The zero-order chi connectivity index (χ0) is 14.7. The molecule has 2 heterocycles. The number of benzene rings is 1. The fourth-order valence-corrected chi connectivity index (χ4v) is 4.77. The lowest BCUT2D eigenvalue weighted by atomic mass is 10.0. The molecule has 0 atom stereocenters. The number of nitrogens with one attached hydrogen (secondary N) is 1. The van der Waals surface area contributed by atoms with E-state index in [0.717, 1.165) is 38.9 Å². The lowest BCUT2D eigenvalue weighted by Gasteiger charge is -2.39. The van der Waals surface area contributed by atoms with Crippen LogP contribution in [0.4, 0.5) is 0 Å². The van der Waals surface area contributed by atoms with E-state index in [0.29, 0.717) is 13.1 Å². The molecule has 1 aromatic rings. The van der Waals surface area contributed by atoms with Gasteiger partial charge in [-0.05, 0) is 24.8 Å². The molecule has 0 spiro atoms. The van der Waals surface area contributed by atoms with Gasteiger partial charge in [0.25, 0.3) is 10.2 Å². The van der Waals surface area contributed by atoms with Crippen molar-refractivity contribution in [1.82, 2.24) is 13.9 Å². The van der Waals surface area contributed by atoms with Crippen LogP contribution in [0.5, 0.6) is 0 Å². The summed E-state index contributed by atoms with van der Waals surface area (Å²) in [6, 6.07) is 10.6. The van der Waals surface area contributed by atoms with Crippen molar-refractivity contribution in [3.05, 3.63) is 35.9 Å². The van der Waals surface area contributed by atoms with Crippen LogP contribution in [0.1, 0.15) is 24.8 Å². The van der Waals surface area contributed by atoms with E-state index in [9.17, 15) is 8.42 Å². The smallest absolute Gasteiger partial charge is 0.279 e. The van der Waals surface area contributed by atoms with Crippen LogP contribution >= 0.6 is 0 Å². The first-order chi connectivity index (χ1) is 10.1. The molecule has 1 aromatic carbocycles. The van der Waals surface area contributed by atoms with E-state index < -0.39 is 10.2 Å². The molecule has 2 aliphatic heterocycles. The van der Waals surface area contributed by atoms with E-state index in [1.165, 1.54) is 5.56 Å². The number of likely N-dealkylation sites (tertiary alicyclic amines) is 1. The predicted octanol–water partition coefficient (Wildman–Crippen LogP) is 1.19. The molecular weight excluding hydrogens is 286 g/mol. The first kappa shape index (κ1) is 15.0. The van der Waals surface area contributed by atoms with Crippen LogP contribution in [0.3, 0.4) is 0 Å². The van der Waals surface area contributed by atoms with Gasteiger partial charge in [0.05, 0.1) is 0 Å². The molecule has 0 amide bonds. The summed E-state index contributed by atoms with van der Waals surface area (Å²) in [5.41, 5.74) is 1.32. The first-order valence-electron chi connectivity index (χ1n) is 7.68. The van der Waals surface area contributed by atoms with Crippen molar-refractivity contribution in [3.63, 3.8) is 0 Å². The summed E-state index contributed by atoms with van der Waals surface area (Å²) in [7, 11) is -3.23. The Kier molecular flexibility index (Phi) is 4.59. The van der Waals surface area contributed by atoms with Crippen molar-refractivity contribution in [2.75, 3.05) is 26.2 Å². The van der Waals surface area contributed by atoms with Crippen molar-refractivity contribution in [2.45, 2.75) is 31.8 Å². The normalized spacial score (nSPS) is 25.0. The first-order valence-corrected chi connectivity index (χ1v) is 9.12. The maximum atomic E-state index is 12.1. The Morgan fingerprint density at radius 1 is 1.10 bits per heavy atom. The lowest BCUT2D eigenvalue weighted by Crippen LogP contribution is -2.54. The number of piperidine rings is 1. The molecule has 0 aliphatic carbocycles. The summed E-state index contributed by atoms with van der Waals surface area (Å²) in [4.78, 5) is 2.41. The Morgan fingerprint density at radius 3 is 2.48 bits per heavy atom. The van der Waals surface area contributed by atoms with Crippen LogP contribution in [-0.2, 0) is 16.8 Å². The largest absolute Gasteiger partial charge is 0.299 e. The van der Waals surface area contributed by atoms with E-state index in [1.54, 1.807) is 4.31 Å². The minimum Gasteiger partial charge on any atom is -0.299 e. The molecule has 2 saturated heterocycles. The molecule has 5 nitrogen and oxygen atoms in total. The van der Waals surface area contributed by atoms with Gasteiger partial charge in [-0.25, -0.2) is 4.72 Å². The number of hydrogen-bond acceptors (Lipinski definition) is 3. The van der Waals surface area contributed by atoms with Gasteiger partial charge in [-0.1, -0.05) is 30.3 Å². The third kappa shape index (κ3) is 3.63. The van der Waals surface area contributed by atoms with Crippen molar-refractivity contribution in [1.29, 1.82) is 0 Å². The summed E-state index contributed by atoms with van der Waals surface area (Å²) >= 11 is 0. The summed E-state index contributed by atoms with van der Waals surface area (Å²) < 4.78 is 28.4. The molecule has 0 unspecified atom stereocenters. The van der Waals surface area contributed by atoms with Crippen LogP contribution in [0.25, 0.3) is 0 Å². The molecule has 2 fully saturated rings. The molecule has 0 radical (unpaired) electrons. The van der Waals surface area contributed by atoms with Crippen LogP contribution in [0.15, 0.2) is 30.3 Å². The molecule has 6 heteroatoms. The summed E-state index contributed by atoms with van der Waals surface area (Å²) in [5.74, 6) is 0. The SMILES string of the molecule is O=S1(=O)NCCCN1C1CCN(Cc2ccccc2)CC1. The summed E-state index contributed by atoms with van der Waals surface area (Å²) in [6.45, 7) is 4.13. The third-order valence-corrected chi connectivity index (χ3v) is 6.03. The van der Waals surface area contributed by atoms with Gasteiger partial charge in [-0.3, -0.25) is 4.90 Å². The van der Waals surface area contributed by atoms with Gasteiger partial charge >= 0.3 is 0 Å². The lowest BCUT2D eigenvalue weighted by molar-refractivity contribution is 0.149. The van der Waals surface area contributed by atoms with E-state index in [2.05, 4.69) is 33.9 Å². The predicted molar refractivity (Wildman–Crippen MR) is 83.0 cm³/mol. The van der Waals surface area contributed by atoms with Gasteiger partial charge < -0.3 is 0 Å². The molecule has 2 aliphatic rings. The minimum absolute atomic E-state index is 0.162. The molecule has 1 N–H and O–H groups in total. The van der Waals surface area contributed by atoms with Crippen molar-refractivity contribution >= 4 is 10.2 Å². The third-order valence-electron chi connectivity index (χ3n) is 4.36. The molecule has 21 heavy (non-hydrogen) atoms. The summed E-state index contributed by atoms with van der Waals surface area (Å²) in [6.07, 6.45) is 2.75. The van der Waals surface area contributed by atoms with Crippen LogP contribution in [0.2, 0.25) is 0 Å². The van der Waals surface area contributed by atoms with Crippen LogP contribution in [-0.4, -0.2) is 49.8 Å². The van der Waals surface area contributed by atoms with Gasteiger partial charge in [0.2, 0.25) is 0 Å². The standard InChI is InChI=1S/C15H23N3O2S/c19-21(20)16-9-4-10-18(21)15-7-11-17(12-8-15)13-14-5-2-1-3-6-14/h1-3,5-6,15-16H,4,7-13H2. The zero-order valence-corrected chi connectivity index (χ0v) is 13.1. The van der Waals surface area contributed by atoms with Gasteiger partial charge in [0.1, 0.15) is 0 Å². The fraction of sp³-hybridized carbons (Fsp3) is 0.600. The highest BCUT2D eigenvalue weighted by Crippen LogP contribution is 2.22. The Hall–Kier alpha value is -0.950. The van der Waals surface area contributed by atoms with E-state index in [4.69, 9.17) is 0 Å². The second-order valence-corrected chi connectivity index (χ2v) is 7.56. The van der Waals surface area contributed by atoms with Crippen molar-refractivity contribution in [3.8, 4) is 0 Å². The zero-order valence-electron chi connectivity index (χ0n) is 12.2. The van der Waals surface area contributed by atoms with Crippen molar-refractivity contribution < 1.29 is 8.42 Å². The second-order valence-electron chi connectivity index (χ2n) is 5.86. The summed E-state index contributed by atoms with van der Waals surface area (Å²) in [5, 5.41) is 0. The highest BCUT2D eigenvalue weighted by atomic mass is 32.2. The molecule has 0 aromatic heterocycles. The monoisotopic (exact) mass is 309 g/mol. The fourth-order valence-electron chi connectivity index (χ4n) is 3.23. The van der Waals surface area contributed by atoms with E-state index in [1.807, 2.05) is 6.07 Å². The van der Waals surface area contributed by atoms with Crippen LogP contribution < -0.4 is 4.72 Å². The van der Waals surface area contributed by atoms with Gasteiger partial charge in [0, 0.05) is 38.8 Å². The quantitative estimate of drug-likeness (QED) is 0.912. The average molecular weight is 309 g/mol. The van der Waals surface area contributed by atoms with Crippen molar-refractivity contribution in [2.24, 2.45) is 0 Å². The van der Waals surface area contributed by atoms with E-state index in [-0.39, 0.29) is 6.04 Å². The molecule has 116 valence electrons. The van der Waals surface area contributed by atoms with Gasteiger partial charge in [-0.15, -0.1) is 0 Å². The Bertz CT molecular complexity index is 554. The van der Waals surface area contributed by atoms with E-state index >= 15 is 0 Å². The highest BCUT2D eigenvalue weighted by molar-refractivity contribution is 7.87. The number of hydrogen-bond donors (Lipinski definition) is 1. The Balaban J connectivity index is 1.55. The van der Waals surface area contributed by atoms with Gasteiger partial charge in [0.15, 0.2) is 0 Å². The topological polar surface area (TPSA) is 52.7 Å². The molecular formula is C15H23N3O2S. The Morgan fingerprint density at radius 2 is 1.81 bits per heavy atom. The Labute approximate surface area is 127 Å². The maximum absolute atomic E-state index is 12.1. The number of nitrogens with zero attached hydrogens (tertiary/aromatic N) is 2. The minimum atomic E-state index is -3.23. The maximum Gasteiger partial charge on any atom is 0.279 e. The van der Waals surface area contributed by atoms with Gasteiger partial charge in [-0.2, -0.15) is 12.7 Å².